The summed E-state index contributed by atoms with van der Waals surface area (Å²) in [6.45, 7) is 0. The van der Waals surface area contributed by atoms with Gasteiger partial charge in [-0.05, 0) is 23.3 Å². The van der Waals surface area contributed by atoms with Gasteiger partial charge in [-0.25, -0.2) is 4.79 Å². The molecule has 158 valence electrons. The van der Waals surface area contributed by atoms with E-state index in [1.54, 1.807) is 42.5 Å². The molecule has 3 aromatic carbocycles. The Morgan fingerprint density at radius 2 is 1.10 bits per heavy atom. The fraction of sp³-hybridized carbons (Fsp3) is 0.160. The number of benzene rings is 3. The molecular weight excluding hydrogens is 392 g/mol. The van der Waals surface area contributed by atoms with Crippen molar-refractivity contribution in [3.63, 3.8) is 0 Å². The lowest BCUT2D eigenvalue weighted by atomic mass is 10.0. The molecule has 0 saturated heterocycles. The fourth-order valence-corrected chi connectivity index (χ4v) is 3.21. The number of carboxylic acids is 1. The first-order valence-corrected chi connectivity index (χ1v) is 10.00. The van der Waals surface area contributed by atoms with E-state index in [0.29, 0.717) is 5.56 Å². The lowest BCUT2D eigenvalue weighted by molar-refractivity contribution is -0.142. The highest BCUT2D eigenvalue weighted by atomic mass is 16.4. The van der Waals surface area contributed by atoms with Crippen molar-refractivity contribution < 1.29 is 19.5 Å². The van der Waals surface area contributed by atoms with Gasteiger partial charge in [-0.1, -0.05) is 78.9 Å². The molecule has 0 saturated carbocycles. The molecule has 0 aliphatic carbocycles. The molecule has 0 aromatic heterocycles. The summed E-state index contributed by atoms with van der Waals surface area (Å²) in [6, 6.07) is 24.9. The summed E-state index contributed by atoms with van der Waals surface area (Å²) < 4.78 is 0. The molecule has 6 heteroatoms. The van der Waals surface area contributed by atoms with Gasteiger partial charge in [0.05, 0.1) is 0 Å². The van der Waals surface area contributed by atoms with Gasteiger partial charge < -0.3 is 15.7 Å². The van der Waals surface area contributed by atoms with Crippen LogP contribution in [0.2, 0.25) is 0 Å². The second-order valence-electron chi connectivity index (χ2n) is 7.17. The number of amides is 2. The topological polar surface area (TPSA) is 95.5 Å². The van der Waals surface area contributed by atoms with E-state index in [1.807, 2.05) is 48.5 Å². The molecule has 2 atom stereocenters. The minimum atomic E-state index is -1.13. The molecule has 3 aromatic rings. The molecule has 3 N–H and O–H groups in total. The predicted molar refractivity (Wildman–Crippen MR) is 118 cm³/mol. The Hall–Kier alpha value is -3.93. The Labute approximate surface area is 180 Å². The molecular formula is C25H24N2O4. The van der Waals surface area contributed by atoms with E-state index in [1.165, 1.54) is 0 Å². The van der Waals surface area contributed by atoms with Gasteiger partial charge in [0.1, 0.15) is 12.1 Å². The van der Waals surface area contributed by atoms with E-state index in [2.05, 4.69) is 10.6 Å². The normalized spacial score (nSPS) is 12.4. The van der Waals surface area contributed by atoms with Crippen molar-refractivity contribution in [2.24, 2.45) is 0 Å². The summed E-state index contributed by atoms with van der Waals surface area (Å²) in [6.07, 6.45) is 0.384. The first-order valence-electron chi connectivity index (χ1n) is 10.00. The van der Waals surface area contributed by atoms with Crippen LogP contribution in [0.5, 0.6) is 0 Å². The number of aliphatic carboxylic acids is 1. The quantitative estimate of drug-likeness (QED) is 0.500. The highest BCUT2D eigenvalue weighted by molar-refractivity contribution is 5.98. The molecule has 3 rings (SSSR count). The first-order chi connectivity index (χ1) is 15.0. The van der Waals surface area contributed by atoms with Crippen molar-refractivity contribution in [3.8, 4) is 0 Å². The Bertz CT molecular complexity index is 1010. The SMILES string of the molecule is O=C(N[C@H](Cc1ccccc1)C(=O)N[C@@H](Cc1ccccc1)C(=O)O)c1ccccc1. The predicted octanol–water partition coefficient (Wildman–Crippen LogP) is 2.84. The number of nitrogens with one attached hydrogen (secondary N) is 2. The molecule has 0 aliphatic rings. The maximum atomic E-state index is 13.0. The summed E-state index contributed by atoms with van der Waals surface area (Å²) in [5, 5.41) is 14.9. The van der Waals surface area contributed by atoms with Gasteiger partial charge in [-0.3, -0.25) is 9.59 Å². The average Bonchev–Trinajstić information content (AvgIpc) is 2.80. The van der Waals surface area contributed by atoms with E-state index >= 15 is 0 Å². The molecule has 0 heterocycles. The third-order valence-corrected chi connectivity index (χ3v) is 4.84. The van der Waals surface area contributed by atoms with E-state index in [4.69, 9.17) is 0 Å². The summed E-state index contributed by atoms with van der Waals surface area (Å²) in [5.41, 5.74) is 2.07. The van der Waals surface area contributed by atoms with Crippen LogP contribution < -0.4 is 10.6 Å². The van der Waals surface area contributed by atoms with Gasteiger partial charge in [0.25, 0.3) is 5.91 Å². The van der Waals surface area contributed by atoms with Crippen LogP contribution in [0.25, 0.3) is 0 Å². The largest absolute Gasteiger partial charge is 0.480 e. The van der Waals surface area contributed by atoms with Gasteiger partial charge in [0.15, 0.2) is 0 Å². The standard InChI is InChI=1S/C25H24N2O4/c28-23(20-14-8-3-9-15-20)26-21(16-18-10-4-1-5-11-18)24(29)27-22(25(30)31)17-19-12-6-2-7-13-19/h1-15,21-22H,16-17H2,(H,26,28)(H,27,29)(H,30,31)/t21-,22+/m1/s1. The van der Waals surface area contributed by atoms with Crippen LogP contribution in [0.3, 0.4) is 0 Å². The molecule has 2 amide bonds. The van der Waals surface area contributed by atoms with Crippen LogP contribution in [0.1, 0.15) is 21.5 Å². The molecule has 0 unspecified atom stereocenters. The lowest BCUT2D eigenvalue weighted by Gasteiger charge is -2.22. The van der Waals surface area contributed by atoms with Crippen molar-refractivity contribution in [3.05, 3.63) is 108 Å². The summed E-state index contributed by atoms with van der Waals surface area (Å²) in [5.74, 6) is -2.08. The number of carbonyl (C=O) groups is 3. The fourth-order valence-electron chi connectivity index (χ4n) is 3.21. The average molecular weight is 416 g/mol. The zero-order chi connectivity index (χ0) is 22.1. The Balaban J connectivity index is 1.76. The highest BCUT2D eigenvalue weighted by Crippen LogP contribution is 2.08. The molecule has 6 nitrogen and oxygen atoms in total. The van der Waals surface area contributed by atoms with Crippen LogP contribution in [-0.2, 0) is 22.4 Å². The van der Waals surface area contributed by atoms with Gasteiger partial charge in [0, 0.05) is 18.4 Å². The summed E-state index contributed by atoms with van der Waals surface area (Å²) in [4.78, 5) is 37.4. The molecule has 0 bridgehead atoms. The number of rotatable bonds is 9. The monoisotopic (exact) mass is 416 g/mol. The molecule has 0 aliphatic heterocycles. The summed E-state index contributed by atoms with van der Waals surface area (Å²) >= 11 is 0. The van der Waals surface area contributed by atoms with E-state index in [9.17, 15) is 19.5 Å². The Morgan fingerprint density at radius 1 is 0.645 bits per heavy atom. The second kappa shape index (κ2) is 10.7. The number of carboxylic acid groups (broad SMARTS) is 1. The van der Waals surface area contributed by atoms with Crippen LogP contribution >= 0.6 is 0 Å². The maximum absolute atomic E-state index is 13.0. The third-order valence-electron chi connectivity index (χ3n) is 4.84. The maximum Gasteiger partial charge on any atom is 0.326 e. The van der Waals surface area contributed by atoms with Crippen molar-refractivity contribution in [2.75, 3.05) is 0 Å². The van der Waals surface area contributed by atoms with Crippen LogP contribution in [0, 0.1) is 0 Å². The number of carbonyl (C=O) groups excluding carboxylic acids is 2. The molecule has 31 heavy (non-hydrogen) atoms. The van der Waals surface area contributed by atoms with Gasteiger partial charge in [-0.2, -0.15) is 0 Å². The number of hydrogen-bond donors (Lipinski definition) is 3. The summed E-state index contributed by atoms with van der Waals surface area (Å²) in [7, 11) is 0. The smallest absolute Gasteiger partial charge is 0.326 e. The van der Waals surface area contributed by atoms with E-state index in [-0.39, 0.29) is 12.8 Å². The van der Waals surface area contributed by atoms with E-state index < -0.39 is 29.9 Å². The van der Waals surface area contributed by atoms with Crippen molar-refractivity contribution >= 4 is 17.8 Å². The molecule has 0 fully saturated rings. The zero-order valence-electron chi connectivity index (χ0n) is 16.9. The van der Waals surface area contributed by atoms with E-state index in [0.717, 1.165) is 11.1 Å². The van der Waals surface area contributed by atoms with Crippen molar-refractivity contribution in [2.45, 2.75) is 24.9 Å². The highest BCUT2D eigenvalue weighted by Gasteiger charge is 2.27. The Morgan fingerprint density at radius 3 is 1.58 bits per heavy atom. The molecule has 0 radical (unpaired) electrons. The lowest BCUT2D eigenvalue weighted by Crippen LogP contribution is -2.53. The first kappa shape index (κ1) is 21.8. The van der Waals surface area contributed by atoms with Gasteiger partial charge >= 0.3 is 5.97 Å². The zero-order valence-corrected chi connectivity index (χ0v) is 16.9. The van der Waals surface area contributed by atoms with Gasteiger partial charge in [0.2, 0.25) is 5.91 Å². The third kappa shape index (κ3) is 6.54. The minimum absolute atomic E-state index is 0.145. The van der Waals surface area contributed by atoms with Crippen LogP contribution in [0.4, 0.5) is 0 Å². The number of hydrogen-bond acceptors (Lipinski definition) is 3. The molecule has 0 spiro atoms. The minimum Gasteiger partial charge on any atom is -0.480 e. The Kier molecular flexibility index (Phi) is 7.54. The van der Waals surface area contributed by atoms with Crippen molar-refractivity contribution in [1.82, 2.24) is 10.6 Å². The van der Waals surface area contributed by atoms with Crippen LogP contribution in [0.15, 0.2) is 91.0 Å². The second-order valence-corrected chi connectivity index (χ2v) is 7.17. The van der Waals surface area contributed by atoms with Crippen molar-refractivity contribution in [1.29, 1.82) is 0 Å². The van der Waals surface area contributed by atoms with Crippen LogP contribution in [-0.4, -0.2) is 35.0 Å². The van der Waals surface area contributed by atoms with Gasteiger partial charge in [-0.15, -0.1) is 0 Å².